The van der Waals surface area contributed by atoms with Crippen LogP contribution < -0.4 is 11.3 Å². The van der Waals surface area contributed by atoms with Crippen molar-refractivity contribution in [3.63, 3.8) is 0 Å². The molecule has 0 spiro atoms. The number of rotatable bonds is 4. The number of nitrogen functional groups attached to an aromatic ring is 1. The van der Waals surface area contributed by atoms with Crippen LogP contribution in [0.2, 0.25) is 5.02 Å². The molecule has 2 atom stereocenters. The van der Waals surface area contributed by atoms with Crippen LogP contribution in [0.25, 0.3) is 28.1 Å². The molecule has 0 radical (unpaired) electrons. The first-order valence-electron chi connectivity index (χ1n) is 11.3. The molecule has 0 saturated carbocycles. The molecular formula is C24H18ClF2N9O. The largest absolute Gasteiger partial charge is 0.384 e. The molecule has 186 valence electrons. The SMILES string of the molecule is C[C@H]1Cc2cc(-c3cc(Cl)ccc3-n3cnnn3)cc(=O)n2[C@@H]1c1nc(F)c(-c2ccc(N)nc2F)[nH]1. The summed E-state index contributed by atoms with van der Waals surface area (Å²) >= 11 is 6.27. The topological polar surface area (TPSA) is 133 Å². The molecule has 0 bridgehead atoms. The molecule has 0 unspecified atom stereocenters. The van der Waals surface area contributed by atoms with Gasteiger partial charge in [-0.3, -0.25) is 4.79 Å². The number of aromatic amines is 1. The average Bonchev–Trinajstić information content (AvgIpc) is 3.58. The Morgan fingerprint density at radius 2 is 1.92 bits per heavy atom. The zero-order valence-electron chi connectivity index (χ0n) is 19.2. The van der Waals surface area contributed by atoms with Gasteiger partial charge in [-0.1, -0.05) is 18.5 Å². The summed E-state index contributed by atoms with van der Waals surface area (Å²) in [7, 11) is 0. The van der Waals surface area contributed by atoms with Crippen molar-refractivity contribution in [3.05, 3.63) is 87.6 Å². The number of imidazole rings is 1. The van der Waals surface area contributed by atoms with E-state index in [0.717, 1.165) is 5.69 Å². The highest BCUT2D eigenvalue weighted by Gasteiger charge is 2.35. The average molecular weight is 522 g/mol. The Labute approximate surface area is 212 Å². The van der Waals surface area contributed by atoms with Gasteiger partial charge in [-0.15, -0.1) is 5.10 Å². The van der Waals surface area contributed by atoms with Crippen molar-refractivity contribution in [1.29, 1.82) is 0 Å². The zero-order valence-corrected chi connectivity index (χ0v) is 20.0. The number of pyridine rings is 2. The third kappa shape index (κ3) is 3.85. The number of fused-ring (bicyclic) bond motifs is 1. The summed E-state index contributed by atoms with van der Waals surface area (Å²) < 4.78 is 32.3. The van der Waals surface area contributed by atoms with E-state index in [1.54, 1.807) is 22.8 Å². The molecule has 0 amide bonds. The second-order valence-electron chi connectivity index (χ2n) is 8.85. The molecule has 3 N–H and O–H groups in total. The fourth-order valence-electron chi connectivity index (χ4n) is 4.88. The molecule has 5 heterocycles. The van der Waals surface area contributed by atoms with Crippen LogP contribution in [0.4, 0.5) is 14.6 Å². The van der Waals surface area contributed by atoms with Gasteiger partial charge in [0.05, 0.1) is 17.3 Å². The second kappa shape index (κ2) is 8.59. The van der Waals surface area contributed by atoms with Crippen molar-refractivity contribution < 1.29 is 8.78 Å². The van der Waals surface area contributed by atoms with E-state index >= 15 is 0 Å². The maximum absolute atomic E-state index is 14.8. The van der Waals surface area contributed by atoms with E-state index in [2.05, 4.69) is 30.5 Å². The Morgan fingerprint density at radius 3 is 2.68 bits per heavy atom. The van der Waals surface area contributed by atoms with Crippen LogP contribution in [0.3, 0.4) is 0 Å². The van der Waals surface area contributed by atoms with Crippen molar-refractivity contribution in [3.8, 4) is 28.1 Å². The van der Waals surface area contributed by atoms with Gasteiger partial charge in [-0.2, -0.15) is 13.5 Å². The molecule has 0 fully saturated rings. The highest BCUT2D eigenvalue weighted by molar-refractivity contribution is 6.31. The number of nitrogens with one attached hydrogen (secondary N) is 1. The first kappa shape index (κ1) is 23.0. The number of tetrazole rings is 1. The van der Waals surface area contributed by atoms with Crippen LogP contribution in [-0.2, 0) is 6.42 Å². The standard InChI is InChI=1S/C24H18ClF2N9O/c1-11-6-14-7-12(16-9-13(25)2-4-17(16)35-10-29-33-34-35)8-19(37)36(14)21(11)24-31-20(23(27)32-24)15-3-5-18(28)30-22(15)26/h2-5,7-11,21H,6H2,1H3,(H2,28,30)(H,31,32)/t11-,21-/m0/s1. The molecule has 13 heteroatoms. The molecule has 37 heavy (non-hydrogen) atoms. The molecule has 0 saturated heterocycles. The molecule has 5 aromatic rings. The van der Waals surface area contributed by atoms with Gasteiger partial charge in [0.2, 0.25) is 11.9 Å². The summed E-state index contributed by atoms with van der Waals surface area (Å²) in [5.41, 5.74) is 7.65. The quantitative estimate of drug-likeness (QED) is 0.345. The van der Waals surface area contributed by atoms with Crippen molar-refractivity contribution in [2.75, 3.05) is 5.73 Å². The summed E-state index contributed by atoms with van der Waals surface area (Å²) in [6.45, 7) is 1.94. The maximum Gasteiger partial charge on any atom is 0.252 e. The number of nitrogens with zero attached hydrogens (tertiary/aromatic N) is 7. The molecule has 0 aliphatic carbocycles. The summed E-state index contributed by atoms with van der Waals surface area (Å²) in [5.74, 6) is -1.73. The third-order valence-electron chi connectivity index (χ3n) is 6.46. The van der Waals surface area contributed by atoms with Gasteiger partial charge in [-0.05, 0) is 64.7 Å². The molecule has 1 aromatic carbocycles. The van der Waals surface area contributed by atoms with Crippen LogP contribution >= 0.6 is 11.6 Å². The van der Waals surface area contributed by atoms with Gasteiger partial charge in [0.1, 0.15) is 23.7 Å². The molecule has 1 aliphatic heterocycles. The molecule has 6 rings (SSSR count). The second-order valence-corrected chi connectivity index (χ2v) is 9.28. The Balaban J connectivity index is 1.44. The summed E-state index contributed by atoms with van der Waals surface area (Å²) in [5, 5.41) is 11.8. The van der Waals surface area contributed by atoms with Gasteiger partial charge >= 0.3 is 0 Å². The molecule has 1 aliphatic rings. The van der Waals surface area contributed by atoms with Gasteiger partial charge in [0, 0.05) is 22.3 Å². The van der Waals surface area contributed by atoms with E-state index in [-0.39, 0.29) is 34.4 Å². The van der Waals surface area contributed by atoms with E-state index in [0.29, 0.717) is 28.3 Å². The number of hydrogen-bond donors (Lipinski definition) is 2. The van der Waals surface area contributed by atoms with Crippen LogP contribution in [0.15, 0.2) is 53.6 Å². The Bertz CT molecular complexity index is 1710. The minimum absolute atomic E-state index is 0.0231. The number of H-pyrrole nitrogens is 1. The van der Waals surface area contributed by atoms with E-state index in [1.165, 1.54) is 29.2 Å². The highest BCUT2D eigenvalue weighted by atomic mass is 35.5. The summed E-state index contributed by atoms with van der Waals surface area (Å²) in [4.78, 5) is 23.9. The van der Waals surface area contributed by atoms with Gasteiger partial charge in [-0.25, -0.2) is 9.97 Å². The van der Waals surface area contributed by atoms with Crippen LogP contribution in [0.5, 0.6) is 0 Å². The van der Waals surface area contributed by atoms with Crippen molar-refractivity contribution in [2.24, 2.45) is 5.92 Å². The lowest BCUT2D eigenvalue weighted by Gasteiger charge is -2.17. The lowest BCUT2D eigenvalue weighted by Crippen LogP contribution is -2.26. The van der Waals surface area contributed by atoms with E-state index in [4.69, 9.17) is 17.3 Å². The normalized spacial score (nSPS) is 16.8. The van der Waals surface area contributed by atoms with Crippen LogP contribution in [0, 0.1) is 17.8 Å². The smallest absolute Gasteiger partial charge is 0.252 e. The number of nitrogens with two attached hydrogens (primary N) is 1. The zero-order chi connectivity index (χ0) is 25.8. The monoisotopic (exact) mass is 521 g/mol. The van der Waals surface area contributed by atoms with Crippen LogP contribution in [0.1, 0.15) is 24.5 Å². The van der Waals surface area contributed by atoms with E-state index in [9.17, 15) is 13.6 Å². The predicted octanol–water partition coefficient (Wildman–Crippen LogP) is 3.57. The van der Waals surface area contributed by atoms with Gasteiger partial charge < -0.3 is 15.3 Å². The Morgan fingerprint density at radius 1 is 1.08 bits per heavy atom. The number of aromatic nitrogens is 8. The van der Waals surface area contributed by atoms with E-state index in [1.807, 2.05) is 13.0 Å². The number of halogens is 3. The highest BCUT2D eigenvalue weighted by Crippen LogP contribution is 2.38. The lowest BCUT2D eigenvalue weighted by atomic mass is 10.0. The first-order valence-corrected chi connectivity index (χ1v) is 11.6. The molecule has 10 nitrogen and oxygen atoms in total. The number of hydrogen-bond acceptors (Lipinski definition) is 7. The lowest BCUT2D eigenvalue weighted by molar-refractivity contribution is 0.445. The van der Waals surface area contributed by atoms with Crippen molar-refractivity contribution >= 4 is 17.4 Å². The van der Waals surface area contributed by atoms with Gasteiger partial charge in [0.15, 0.2) is 0 Å². The number of anilines is 1. The van der Waals surface area contributed by atoms with Crippen molar-refractivity contribution in [1.82, 2.24) is 39.7 Å². The molecular weight excluding hydrogens is 504 g/mol. The molecule has 4 aromatic heterocycles. The van der Waals surface area contributed by atoms with Crippen LogP contribution in [-0.4, -0.2) is 39.7 Å². The fraction of sp³-hybridized carbons (Fsp3) is 0.167. The summed E-state index contributed by atoms with van der Waals surface area (Å²) in [6, 6.07) is 10.7. The third-order valence-corrected chi connectivity index (χ3v) is 6.69. The predicted molar refractivity (Wildman–Crippen MR) is 131 cm³/mol. The Hall–Kier alpha value is -4.45. The van der Waals surface area contributed by atoms with Gasteiger partial charge in [0.25, 0.3) is 5.56 Å². The van der Waals surface area contributed by atoms with Crippen molar-refractivity contribution in [2.45, 2.75) is 19.4 Å². The maximum atomic E-state index is 14.8. The number of benzene rings is 1. The Kier molecular flexibility index (Phi) is 5.33. The van der Waals surface area contributed by atoms with E-state index < -0.39 is 17.9 Å². The summed E-state index contributed by atoms with van der Waals surface area (Å²) in [6.07, 6.45) is 1.98. The fourth-order valence-corrected chi connectivity index (χ4v) is 5.06. The minimum atomic E-state index is -0.921. The minimum Gasteiger partial charge on any atom is -0.384 e. The first-order chi connectivity index (χ1) is 17.8.